The van der Waals surface area contributed by atoms with Gasteiger partial charge in [0.05, 0.1) is 0 Å². The third-order valence-corrected chi connectivity index (χ3v) is 2.86. The molecular formula is C12H18ClN. The average Bonchev–Trinajstić information content (AvgIpc) is 2.19. The van der Waals surface area contributed by atoms with Crippen LogP contribution in [-0.4, -0.2) is 18.0 Å². The SMILES string of the molecule is CC(C)(CCl)NCCc1ccccc1. The highest BCUT2D eigenvalue weighted by atomic mass is 35.5. The van der Waals surface area contributed by atoms with Gasteiger partial charge in [-0.15, -0.1) is 11.6 Å². The molecule has 0 atom stereocenters. The number of rotatable bonds is 5. The van der Waals surface area contributed by atoms with Crippen molar-refractivity contribution < 1.29 is 0 Å². The molecule has 1 nitrogen and oxygen atoms in total. The van der Waals surface area contributed by atoms with Gasteiger partial charge in [0, 0.05) is 11.4 Å². The van der Waals surface area contributed by atoms with Crippen LogP contribution in [0, 0.1) is 0 Å². The van der Waals surface area contributed by atoms with Crippen molar-refractivity contribution in [2.45, 2.75) is 25.8 Å². The Morgan fingerprint density at radius 1 is 1.21 bits per heavy atom. The minimum absolute atomic E-state index is 0.0380. The van der Waals surface area contributed by atoms with Crippen molar-refractivity contribution in [3.05, 3.63) is 35.9 Å². The summed E-state index contributed by atoms with van der Waals surface area (Å²) in [4.78, 5) is 0. The van der Waals surface area contributed by atoms with E-state index in [2.05, 4.69) is 43.4 Å². The normalized spacial score (nSPS) is 11.6. The number of nitrogens with one attached hydrogen (secondary N) is 1. The molecule has 1 aromatic carbocycles. The smallest absolute Gasteiger partial charge is 0.0400 e. The van der Waals surface area contributed by atoms with E-state index >= 15 is 0 Å². The van der Waals surface area contributed by atoms with Crippen molar-refractivity contribution >= 4 is 11.6 Å². The molecule has 0 radical (unpaired) electrons. The fourth-order valence-electron chi connectivity index (χ4n) is 1.24. The lowest BCUT2D eigenvalue weighted by Gasteiger charge is -2.23. The number of halogens is 1. The molecule has 2 heteroatoms. The van der Waals surface area contributed by atoms with Crippen LogP contribution in [0.25, 0.3) is 0 Å². The van der Waals surface area contributed by atoms with Gasteiger partial charge in [-0.25, -0.2) is 0 Å². The molecule has 0 aromatic heterocycles. The van der Waals surface area contributed by atoms with Crippen LogP contribution < -0.4 is 5.32 Å². The van der Waals surface area contributed by atoms with E-state index in [1.807, 2.05) is 6.07 Å². The first-order chi connectivity index (χ1) is 6.64. The Hall–Kier alpha value is -0.530. The Morgan fingerprint density at radius 3 is 2.43 bits per heavy atom. The van der Waals surface area contributed by atoms with Crippen LogP contribution in [0.2, 0.25) is 0 Å². The summed E-state index contributed by atoms with van der Waals surface area (Å²) in [5, 5.41) is 3.43. The van der Waals surface area contributed by atoms with Gasteiger partial charge >= 0.3 is 0 Å². The average molecular weight is 212 g/mol. The van der Waals surface area contributed by atoms with Crippen LogP contribution in [-0.2, 0) is 6.42 Å². The molecule has 14 heavy (non-hydrogen) atoms. The maximum absolute atomic E-state index is 5.81. The minimum Gasteiger partial charge on any atom is -0.310 e. The molecule has 0 saturated carbocycles. The van der Waals surface area contributed by atoms with Crippen LogP contribution in [0.4, 0.5) is 0 Å². The number of alkyl halides is 1. The van der Waals surface area contributed by atoms with E-state index in [0.717, 1.165) is 13.0 Å². The maximum atomic E-state index is 5.81. The highest BCUT2D eigenvalue weighted by Crippen LogP contribution is 2.05. The quantitative estimate of drug-likeness (QED) is 0.739. The van der Waals surface area contributed by atoms with Crippen molar-refractivity contribution in [2.75, 3.05) is 12.4 Å². The summed E-state index contributed by atoms with van der Waals surface area (Å²) in [6, 6.07) is 10.5. The van der Waals surface area contributed by atoms with Gasteiger partial charge in [-0.05, 0) is 32.4 Å². The molecule has 1 aromatic rings. The second kappa shape index (κ2) is 5.38. The fraction of sp³-hybridized carbons (Fsp3) is 0.500. The standard InChI is InChI=1S/C12H18ClN/c1-12(2,10-13)14-9-8-11-6-4-3-5-7-11/h3-7,14H,8-10H2,1-2H3. The lowest BCUT2D eigenvalue weighted by Crippen LogP contribution is -2.42. The summed E-state index contributed by atoms with van der Waals surface area (Å²) in [5.41, 5.74) is 1.40. The van der Waals surface area contributed by atoms with Gasteiger partial charge in [0.2, 0.25) is 0 Å². The van der Waals surface area contributed by atoms with Crippen LogP contribution in [0.1, 0.15) is 19.4 Å². The lowest BCUT2D eigenvalue weighted by molar-refractivity contribution is 0.435. The first kappa shape index (κ1) is 11.5. The van der Waals surface area contributed by atoms with Gasteiger partial charge in [-0.2, -0.15) is 0 Å². The molecule has 78 valence electrons. The molecule has 0 bridgehead atoms. The van der Waals surface area contributed by atoms with Gasteiger partial charge < -0.3 is 5.32 Å². The summed E-state index contributed by atoms with van der Waals surface area (Å²) in [7, 11) is 0. The monoisotopic (exact) mass is 211 g/mol. The molecule has 0 unspecified atom stereocenters. The summed E-state index contributed by atoms with van der Waals surface area (Å²) in [5.74, 6) is 0.641. The highest BCUT2D eigenvalue weighted by Gasteiger charge is 2.13. The first-order valence-electron chi connectivity index (χ1n) is 4.99. The minimum atomic E-state index is 0.0380. The molecule has 1 N–H and O–H groups in total. The van der Waals surface area contributed by atoms with Gasteiger partial charge in [-0.3, -0.25) is 0 Å². The van der Waals surface area contributed by atoms with E-state index in [4.69, 9.17) is 11.6 Å². The van der Waals surface area contributed by atoms with Crippen LogP contribution in [0.3, 0.4) is 0 Å². The molecule has 0 aliphatic heterocycles. The van der Waals surface area contributed by atoms with E-state index < -0.39 is 0 Å². The Balaban J connectivity index is 2.29. The molecule has 0 aliphatic carbocycles. The van der Waals surface area contributed by atoms with Gasteiger partial charge in [-0.1, -0.05) is 30.3 Å². The molecular weight excluding hydrogens is 194 g/mol. The van der Waals surface area contributed by atoms with Gasteiger partial charge in [0.1, 0.15) is 0 Å². The third kappa shape index (κ3) is 4.12. The molecule has 0 spiro atoms. The first-order valence-corrected chi connectivity index (χ1v) is 5.52. The fourth-order valence-corrected chi connectivity index (χ4v) is 1.33. The number of hydrogen-bond acceptors (Lipinski definition) is 1. The molecule has 0 heterocycles. The zero-order chi connectivity index (χ0) is 10.4. The van der Waals surface area contributed by atoms with E-state index in [1.165, 1.54) is 5.56 Å². The third-order valence-electron chi connectivity index (χ3n) is 2.19. The van der Waals surface area contributed by atoms with E-state index in [1.54, 1.807) is 0 Å². The Labute approximate surface area is 91.5 Å². The summed E-state index contributed by atoms with van der Waals surface area (Å²) in [6.45, 7) is 5.21. The molecule has 0 amide bonds. The van der Waals surface area contributed by atoms with Gasteiger partial charge in [0.25, 0.3) is 0 Å². The number of hydrogen-bond donors (Lipinski definition) is 1. The van der Waals surface area contributed by atoms with Gasteiger partial charge in [0.15, 0.2) is 0 Å². The van der Waals surface area contributed by atoms with E-state index in [-0.39, 0.29) is 5.54 Å². The molecule has 0 saturated heterocycles. The summed E-state index contributed by atoms with van der Waals surface area (Å²) < 4.78 is 0. The maximum Gasteiger partial charge on any atom is 0.0400 e. The second-order valence-electron chi connectivity index (χ2n) is 4.18. The number of benzene rings is 1. The van der Waals surface area contributed by atoms with Crippen LogP contribution in [0.5, 0.6) is 0 Å². The van der Waals surface area contributed by atoms with Crippen molar-refractivity contribution in [3.63, 3.8) is 0 Å². The summed E-state index contributed by atoms with van der Waals surface area (Å²) in [6.07, 6.45) is 1.06. The molecule has 1 rings (SSSR count). The van der Waals surface area contributed by atoms with Crippen molar-refractivity contribution in [1.29, 1.82) is 0 Å². The Kier molecular flexibility index (Phi) is 4.43. The predicted molar refractivity (Wildman–Crippen MR) is 62.9 cm³/mol. The van der Waals surface area contributed by atoms with Crippen LogP contribution in [0.15, 0.2) is 30.3 Å². The zero-order valence-corrected chi connectivity index (χ0v) is 9.64. The van der Waals surface area contributed by atoms with E-state index in [9.17, 15) is 0 Å². The van der Waals surface area contributed by atoms with Crippen molar-refractivity contribution in [1.82, 2.24) is 5.32 Å². The predicted octanol–water partition coefficient (Wildman–Crippen LogP) is 2.84. The summed E-state index contributed by atoms with van der Waals surface area (Å²) >= 11 is 5.81. The lowest BCUT2D eigenvalue weighted by atomic mass is 10.1. The van der Waals surface area contributed by atoms with Crippen molar-refractivity contribution in [3.8, 4) is 0 Å². The zero-order valence-electron chi connectivity index (χ0n) is 8.89. The molecule has 0 aliphatic rings. The largest absolute Gasteiger partial charge is 0.310 e. The van der Waals surface area contributed by atoms with E-state index in [0.29, 0.717) is 5.88 Å². The van der Waals surface area contributed by atoms with Crippen molar-refractivity contribution in [2.24, 2.45) is 0 Å². The second-order valence-corrected chi connectivity index (χ2v) is 4.45. The Bertz CT molecular complexity index is 256. The topological polar surface area (TPSA) is 12.0 Å². The van der Waals surface area contributed by atoms with Crippen LogP contribution >= 0.6 is 11.6 Å². The molecule has 0 fully saturated rings. The highest BCUT2D eigenvalue weighted by molar-refractivity contribution is 6.18. The Morgan fingerprint density at radius 2 is 1.86 bits per heavy atom.